The maximum Gasteiger partial charge on any atom is 0.182 e. The van der Waals surface area contributed by atoms with Gasteiger partial charge in [-0.2, -0.15) is 0 Å². The molecule has 0 saturated heterocycles. The maximum atomic E-state index is 5.83. The highest BCUT2D eigenvalue weighted by atomic mass is 16.5. The number of aromatic nitrogens is 4. The van der Waals surface area contributed by atoms with Gasteiger partial charge in [0.25, 0.3) is 0 Å². The van der Waals surface area contributed by atoms with Crippen LogP contribution in [0.2, 0.25) is 0 Å². The molecule has 0 amide bonds. The van der Waals surface area contributed by atoms with Crippen molar-refractivity contribution in [3.8, 4) is 17.1 Å². The molecule has 1 aromatic heterocycles. The average molecular weight is 263 g/mol. The number of hydrogen-bond acceptors (Lipinski definition) is 6. The second-order valence-electron chi connectivity index (χ2n) is 3.92. The van der Waals surface area contributed by atoms with Crippen LogP contribution < -0.4 is 10.5 Å². The lowest BCUT2D eigenvalue weighted by Gasteiger charge is -2.07. The van der Waals surface area contributed by atoms with Crippen LogP contribution in [0.1, 0.15) is 6.92 Å². The molecule has 19 heavy (non-hydrogen) atoms. The summed E-state index contributed by atoms with van der Waals surface area (Å²) in [5.74, 6) is 1.32. The first kappa shape index (κ1) is 13.3. The fourth-order valence-corrected chi connectivity index (χ4v) is 1.73. The van der Waals surface area contributed by atoms with Crippen LogP contribution in [0, 0.1) is 0 Å². The van der Waals surface area contributed by atoms with Crippen molar-refractivity contribution in [2.24, 2.45) is 0 Å². The maximum absolute atomic E-state index is 5.83. The van der Waals surface area contributed by atoms with E-state index in [-0.39, 0.29) is 0 Å². The zero-order valence-electron chi connectivity index (χ0n) is 11.0. The van der Waals surface area contributed by atoms with E-state index >= 15 is 0 Å². The molecule has 2 aromatic rings. The van der Waals surface area contributed by atoms with Crippen molar-refractivity contribution >= 4 is 5.69 Å². The van der Waals surface area contributed by atoms with Gasteiger partial charge >= 0.3 is 0 Å². The van der Waals surface area contributed by atoms with Gasteiger partial charge in [0.1, 0.15) is 5.75 Å². The van der Waals surface area contributed by atoms with E-state index in [0.29, 0.717) is 37.0 Å². The van der Waals surface area contributed by atoms with E-state index in [1.165, 1.54) is 0 Å². The summed E-state index contributed by atoms with van der Waals surface area (Å²) in [5, 5.41) is 11.6. The molecule has 0 fully saturated rings. The van der Waals surface area contributed by atoms with Gasteiger partial charge in [-0.1, -0.05) is 0 Å². The van der Waals surface area contributed by atoms with Crippen molar-refractivity contribution in [1.82, 2.24) is 20.2 Å². The lowest BCUT2D eigenvalue weighted by molar-refractivity contribution is 0.136. The molecule has 7 nitrogen and oxygen atoms in total. The first-order valence-electron chi connectivity index (χ1n) is 6.03. The largest absolute Gasteiger partial charge is 0.497 e. The highest BCUT2D eigenvalue weighted by molar-refractivity contribution is 5.64. The summed E-state index contributed by atoms with van der Waals surface area (Å²) in [7, 11) is 1.59. The van der Waals surface area contributed by atoms with Crippen molar-refractivity contribution < 1.29 is 9.47 Å². The van der Waals surface area contributed by atoms with Gasteiger partial charge < -0.3 is 15.2 Å². The van der Waals surface area contributed by atoms with Crippen LogP contribution in [0.4, 0.5) is 5.69 Å². The Kier molecular flexibility index (Phi) is 4.30. The van der Waals surface area contributed by atoms with E-state index in [1.807, 2.05) is 19.1 Å². The first-order valence-corrected chi connectivity index (χ1v) is 6.03. The number of methoxy groups -OCH3 is 1. The van der Waals surface area contributed by atoms with Gasteiger partial charge in [0.05, 0.1) is 20.3 Å². The summed E-state index contributed by atoms with van der Waals surface area (Å²) in [6, 6.07) is 5.41. The molecule has 0 bridgehead atoms. The SMILES string of the molecule is CCOCCn1nnnc1-c1cc(N)cc(OC)c1. The molecule has 0 aliphatic rings. The number of benzene rings is 1. The normalized spacial score (nSPS) is 10.6. The predicted octanol–water partition coefficient (Wildman–Crippen LogP) is 0.967. The number of tetrazole rings is 1. The molecule has 0 aliphatic heterocycles. The van der Waals surface area contributed by atoms with Gasteiger partial charge in [-0.25, -0.2) is 4.68 Å². The van der Waals surface area contributed by atoms with Gasteiger partial charge in [0.15, 0.2) is 5.82 Å². The number of nitrogens with two attached hydrogens (primary N) is 1. The molecular formula is C12H17N5O2. The third-order valence-electron chi connectivity index (χ3n) is 2.61. The van der Waals surface area contributed by atoms with Crippen LogP contribution in [-0.2, 0) is 11.3 Å². The van der Waals surface area contributed by atoms with E-state index in [9.17, 15) is 0 Å². The van der Waals surface area contributed by atoms with E-state index < -0.39 is 0 Å². The monoisotopic (exact) mass is 263 g/mol. The third-order valence-corrected chi connectivity index (χ3v) is 2.61. The average Bonchev–Trinajstić information content (AvgIpc) is 2.86. The smallest absolute Gasteiger partial charge is 0.182 e. The molecule has 7 heteroatoms. The summed E-state index contributed by atoms with van der Waals surface area (Å²) >= 11 is 0. The van der Waals surface area contributed by atoms with Gasteiger partial charge in [0, 0.05) is 23.9 Å². The van der Waals surface area contributed by atoms with Crippen LogP contribution in [0.3, 0.4) is 0 Å². The minimum atomic E-state index is 0.563. The highest BCUT2D eigenvalue weighted by Gasteiger charge is 2.10. The van der Waals surface area contributed by atoms with Crippen LogP contribution in [0.15, 0.2) is 18.2 Å². The predicted molar refractivity (Wildman–Crippen MR) is 70.7 cm³/mol. The van der Waals surface area contributed by atoms with Crippen LogP contribution in [-0.4, -0.2) is 40.5 Å². The minimum Gasteiger partial charge on any atom is -0.497 e. The zero-order chi connectivity index (χ0) is 13.7. The summed E-state index contributed by atoms with van der Waals surface area (Å²) < 4.78 is 12.2. The minimum absolute atomic E-state index is 0.563. The summed E-state index contributed by atoms with van der Waals surface area (Å²) in [4.78, 5) is 0. The lowest BCUT2D eigenvalue weighted by Crippen LogP contribution is -2.09. The Morgan fingerprint density at radius 3 is 2.89 bits per heavy atom. The Hall–Kier alpha value is -2.15. The standard InChI is InChI=1S/C12H17N5O2/c1-3-19-5-4-17-12(14-15-16-17)9-6-10(13)8-11(7-9)18-2/h6-8H,3-5,13H2,1-2H3. The van der Waals surface area contributed by atoms with Crippen molar-refractivity contribution in [3.63, 3.8) is 0 Å². The summed E-state index contributed by atoms with van der Waals surface area (Å²) in [6.07, 6.45) is 0. The highest BCUT2D eigenvalue weighted by Crippen LogP contribution is 2.25. The Morgan fingerprint density at radius 1 is 1.32 bits per heavy atom. The molecule has 0 aliphatic carbocycles. The van der Waals surface area contributed by atoms with E-state index in [2.05, 4.69) is 15.5 Å². The van der Waals surface area contributed by atoms with Crippen LogP contribution in [0.5, 0.6) is 5.75 Å². The fraction of sp³-hybridized carbons (Fsp3) is 0.417. The molecule has 0 atom stereocenters. The molecule has 0 spiro atoms. The number of hydrogen-bond donors (Lipinski definition) is 1. The van der Waals surface area contributed by atoms with E-state index in [0.717, 1.165) is 5.56 Å². The van der Waals surface area contributed by atoms with Crippen molar-refractivity contribution in [3.05, 3.63) is 18.2 Å². The molecule has 1 heterocycles. The second-order valence-corrected chi connectivity index (χ2v) is 3.92. The molecule has 0 unspecified atom stereocenters. The first-order chi connectivity index (χ1) is 9.24. The van der Waals surface area contributed by atoms with Crippen molar-refractivity contribution in [2.45, 2.75) is 13.5 Å². The summed E-state index contributed by atoms with van der Waals surface area (Å²) in [6.45, 7) is 3.77. The number of nitrogens with zero attached hydrogens (tertiary/aromatic N) is 4. The van der Waals surface area contributed by atoms with Crippen molar-refractivity contribution in [2.75, 3.05) is 26.1 Å². The molecular weight excluding hydrogens is 246 g/mol. The Morgan fingerprint density at radius 2 is 2.16 bits per heavy atom. The van der Waals surface area contributed by atoms with Gasteiger partial charge in [0.2, 0.25) is 0 Å². The molecule has 2 rings (SSSR count). The molecule has 0 saturated carbocycles. The second kappa shape index (κ2) is 6.14. The number of ether oxygens (including phenoxy) is 2. The fourth-order valence-electron chi connectivity index (χ4n) is 1.73. The lowest BCUT2D eigenvalue weighted by atomic mass is 10.2. The van der Waals surface area contributed by atoms with Gasteiger partial charge in [-0.3, -0.25) is 0 Å². The van der Waals surface area contributed by atoms with Crippen LogP contribution in [0.25, 0.3) is 11.4 Å². The summed E-state index contributed by atoms with van der Waals surface area (Å²) in [5.41, 5.74) is 7.25. The Labute approximate surface area is 111 Å². The molecule has 2 N–H and O–H groups in total. The van der Waals surface area contributed by atoms with Gasteiger partial charge in [-0.05, 0) is 29.5 Å². The topological polar surface area (TPSA) is 88.1 Å². The van der Waals surface area contributed by atoms with Gasteiger partial charge in [-0.15, -0.1) is 5.10 Å². The van der Waals surface area contributed by atoms with E-state index in [1.54, 1.807) is 17.9 Å². The molecule has 102 valence electrons. The number of nitrogen functional groups attached to an aromatic ring is 1. The quantitative estimate of drug-likeness (QED) is 0.617. The zero-order valence-corrected chi connectivity index (χ0v) is 11.0. The van der Waals surface area contributed by atoms with Crippen LogP contribution >= 0.6 is 0 Å². The third kappa shape index (κ3) is 3.19. The van der Waals surface area contributed by atoms with E-state index in [4.69, 9.17) is 15.2 Å². The number of rotatable bonds is 6. The Bertz CT molecular complexity index is 541. The molecule has 1 aromatic carbocycles. The Balaban J connectivity index is 2.26. The van der Waals surface area contributed by atoms with Crippen molar-refractivity contribution in [1.29, 1.82) is 0 Å². The molecule has 0 radical (unpaired) electrons. The number of anilines is 1.